The molecule has 3 aromatic carbocycles. The summed E-state index contributed by atoms with van der Waals surface area (Å²) < 4.78 is 11.3. The molecule has 6 aromatic rings. The van der Waals surface area contributed by atoms with Crippen molar-refractivity contribution in [3.8, 4) is 28.0 Å². The maximum Gasteiger partial charge on any atom is 0.211 e. The summed E-state index contributed by atoms with van der Waals surface area (Å²) in [6.45, 7) is 0. The number of hydrogen-bond acceptors (Lipinski definition) is 5. The largest absolute Gasteiger partial charge is 0.455 e. The van der Waals surface area contributed by atoms with Crippen LogP contribution in [-0.4, -0.2) is 16.4 Å². The second-order valence-corrected chi connectivity index (χ2v) is 8.64. The van der Waals surface area contributed by atoms with Crippen molar-refractivity contribution in [2.24, 2.45) is 0 Å². The zero-order valence-electron chi connectivity index (χ0n) is 18.4. The number of aromatic amines is 1. The van der Waals surface area contributed by atoms with Gasteiger partial charge in [-0.15, -0.1) is 0 Å². The third-order valence-electron chi connectivity index (χ3n) is 5.79. The predicted octanol–water partition coefficient (Wildman–Crippen LogP) is 7.30. The maximum atomic E-state index is 10.8. The number of hydrogen-bond donors (Lipinski definition) is 2. The van der Waals surface area contributed by atoms with Crippen LogP contribution >= 0.6 is 12.0 Å². The van der Waals surface area contributed by atoms with E-state index in [1.807, 2.05) is 79.0 Å². The first-order valence-corrected chi connectivity index (χ1v) is 11.7. The topological polar surface area (TPSA) is 80.2 Å². The Kier molecular flexibility index (Phi) is 5.44. The normalized spacial score (nSPS) is 11.1. The molecule has 35 heavy (non-hydrogen) atoms. The summed E-state index contributed by atoms with van der Waals surface area (Å²) in [6.07, 6.45) is 4.19. The van der Waals surface area contributed by atoms with Gasteiger partial charge in [-0.25, -0.2) is 4.98 Å². The van der Waals surface area contributed by atoms with Crippen LogP contribution in [0.15, 0.2) is 107 Å². The molecule has 1 amide bonds. The molecule has 0 aliphatic carbocycles. The molecule has 6 rings (SSSR count). The Morgan fingerprint density at radius 1 is 0.943 bits per heavy atom. The molecule has 6 nitrogen and oxygen atoms in total. The van der Waals surface area contributed by atoms with Gasteiger partial charge in [0.2, 0.25) is 6.41 Å². The van der Waals surface area contributed by atoms with Crippen molar-refractivity contribution in [1.82, 2.24) is 9.97 Å². The van der Waals surface area contributed by atoms with Crippen LogP contribution in [0.3, 0.4) is 0 Å². The first-order valence-electron chi connectivity index (χ1n) is 11.0. The monoisotopic (exact) mass is 477 g/mol. The van der Waals surface area contributed by atoms with Crippen LogP contribution in [0.25, 0.3) is 44.2 Å². The van der Waals surface area contributed by atoms with Gasteiger partial charge in [-0.3, -0.25) is 4.79 Å². The molecule has 0 radical (unpaired) electrons. The van der Waals surface area contributed by atoms with Crippen molar-refractivity contribution in [3.05, 3.63) is 97.4 Å². The molecule has 0 bridgehead atoms. The number of benzene rings is 3. The Labute approximate surface area is 205 Å². The molecular weight excluding hydrogens is 458 g/mol. The maximum absolute atomic E-state index is 10.8. The average molecular weight is 478 g/mol. The van der Waals surface area contributed by atoms with Gasteiger partial charge in [-0.2, -0.15) is 0 Å². The molecular formula is C28H19N3O3S. The van der Waals surface area contributed by atoms with E-state index >= 15 is 0 Å². The molecule has 0 aliphatic rings. The molecule has 3 heterocycles. The van der Waals surface area contributed by atoms with Crippen molar-refractivity contribution in [2.75, 3.05) is 5.32 Å². The van der Waals surface area contributed by atoms with Crippen LogP contribution < -0.4 is 9.50 Å². The number of carbonyl (C=O) groups is 1. The smallest absolute Gasteiger partial charge is 0.211 e. The SMILES string of the molecule is O=CNc1ccc(-c2cnc3[nH]c4ccc(OSc5ccco5)cc4c3c2-c2ccccc2)cc1. The van der Waals surface area contributed by atoms with Gasteiger partial charge in [0.15, 0.2) is 5.09 Å². The van der Waals surface area contributed by atoms with Crippen molar-refractivity contribution in [2.45, 2.75) is 5.09 Å². The average Bonchev–Trinajstić information content (AvgIpc) is 3.56. The van der Waals surface area contributed by atoms with Crippen LogP contribution in [0.2, 0.25) is 0 Å². The molecule has 7 heteroatoms. The summed E-state index contributed by atoms with van der Waals surface area (Å²) in [5.41, 5.74) is 6.68. The predicted molar refractivity (Wildman–Crippen MR) is 139 cm³/mol. The molecule has 0 saturated carbocycles. The van der Waals surface area contributed by atoms with E-state index in [9.17, 15) is 4.79 Å². The second kappa shape index (κ2) is 9.04. The summed E-state index contributed by atoms with van der Waals surface area (Å²) in [6, 6.07) is 27.7. The lowest BCUT2D eigenvalue weighted by Crippen LogP contribution is -1.94. The minimum Gasteiger partial charge on any atom is -0.455 e. The molecule has 3 aromatic heterocycles. The molecule has 0 unspecified atom stereocenters. The third-order valence-corrected chi connectivity index (χ3v) is 6.46. The van der Waals surface area contributed by atoms with E-state index in [1.54, 1.807) is 6.26 Å². The second-order valence-electron chi connectivity index (χ2n) is 7.91. The van der Waals surface area contributed by atoms with E-state index in [0.717, 1.165) is 49.9 Å². The summed E-state index contributed by atoms with van der Waals surface area (Å²) in [4.78, 5) is 19.0. The number of nitrogens with zero attached hydrogens (tertiary/aromatic N) is 1. The van der Waals surface area contributed by atoms with Crippen LogP contribution in [0, 0.1) is 0 Å². The van der Waals surface area contributed by atoms with E-state index in [-0.39, 0.29) is 0 Å². The molecule has 0 spiro atoms. The molecule has 0 atom stereocenters. The number of nitrogens with one attached hydrogen (secondary N) is 2. The molecule has 170 valence electrons. The van der Waals surface area contributed by atoms with E-state index in [2.05, 4.69) is 22.4 Å². The minimum atomic E-state index is 0.674. The molecule has 0 aliphatic heterocycles. The van der Waals surface area contributed by atoms with Gasteiger partial charge in [0, 0.05) is 39.3 Å². The Bertz CT molecular complexity index is 1630. The zero-order chi connectivity index (χ0) is 23.6. The Morgan fingerprint density at radius 3 is 2.57 bits per heavy atom. The number of anilines is 1. The fourth-order valence-electron chi connectivity index (χ4n) is 4.22. The van der Waals surface area contributed by atoms with Gasteiger partial charge in [-0.1, -0.05) is 42.5 Å². The van der Waals surface area contributed by atoms with Crippen LogP contribution in [0.5, 0.6) is 5.75 Å². The van der Waals surface area contributed by atoms with Gasteiger partial charge >= 0.3 is 0 Å². The highest BCUT2D eigenvalue weighted by atomic mass is 32.2. The minimum absolute atomic E-state index is 0.674. The van der Waals surface area contributed by atoms with Crippen molar-refractivity contribution < 1.29 is 13.4 Å². The van der Waals surface area contributed by atoms with Crippen molar-refractivity contribution >= 4 is 46.1 Å². The van der Waals surface area contributed by atoms with E-state index in [0.29, 0.717) is 17.3 Å². The summed E-state index contributed by atoms with van der Waals surface area (Å²) in [5.74, 6) is 0.716. The van der Waals surface area contributed by atoms with Gasteiger partial charge < -0.3 is 18.9 Å². The summed E-state index contributed by atoms with van der Waals surface area (Å²) in [5, 5.41) is 5.41. The number of fused-ring (bicyclic) bond motifs is 3. The van der Waals surface area contributed by atoms with Gasteiger partial charge in [0.25, 0.3) is 0 Å². The molecule has 2 N–H and O–H groups in total. The van der Waals surface area contributed by atoms with Crippen molar-refractivity contribution in [1.29, 1.82) is 0 Å². The number of H-pyrrole nitrogens is 1. The lowest BCUT2D eigenvalue weighted by Gasteiger charge is -2.13. The van der Waals surface area contributed by atoms with E-state index < -0.39 is 0 Å². The molecule has 0 fully saturated rings. The van der Waals surface area contributed by atoms with Gasteiger partial charge in [0.1, 0.15) is 23.4 Å². The Morgan fingerprint density at radius 2 is 1.80 bits per heavy atom. The van der Waals surface area contributed by atoms with Crippen LogP contribution in [-0.2, 0) is 4.79 Å². The first-order chi connectivity index (χ1) is 17.3. The fourth-order valence-corrected chi connectivity index (χ4v) is 4.74. The van der Waals surface area contributed by atoms with Crippen molar-refractivity contribution in [3.63, 3.8) is 0 Å². The van der Waals surface area contributed by atoms with Crippen LogP contribution in [0.1, 0.15) is 0 Å². The van der Waals surface area contributed by atoms with E-state index in [1.165, 1.54) is 12.0 Å². The standard InChI is InChI=1S/C28H19N3O3S/c32-17-30-20-10-8-18(9-11-20)23-16-29-28-27(26(23)19-5-2-1-3-6-19)22-15-21(12-13-24(22)31-28)34-35-25-7-4-14-33-25/h1-17H,(H,29,31)(H,30,32). The number of furan rings is 1. The number of amides is 1. The lowest BCUT2D eigenvalue weighted by atomic mass is 9.92. The van der Waals surface area contributed by atoms with Gasteiger partial charge in [-0.05, 0) is 53.6 Å². The number of carbonyl (C=O) groups excluding carboxylic acids is 1. The summed E-state index contributed by atoms with van der Waals surface area (Å²) in [7, 11) is 0. The van der Waals surface area contributed by atoms with E-state index in [4.69, 9.17) is 13.6 Å². The third kappa shape index (κ3) is 4.02. The summed E-state index contributed by atoms with van der Waals surface area (Å²) >= 11 is 1.18. The number of rotatable bonds is 7. The Balaban J connectivity index is 1.54. The highest BCUT2D eigenvalue weighted by Gasteiger charge is 2.18. The number of aromatic nitrogens is 2. The first kappa shape index (κ1) is 21.1. The number of pyridine rings is 1. The quantitative estimate of drug-likeness (QED) is 0.186. The lowest BCUT2D eigenvalue weighted by molar-refractivity contribution is -0.105. The molecule has 0 saturated heterocycles. The zero-order valence-corrected chi connectivity index (χ0v) is 19.2. The highest BCUT2D eigenvalue weighted by molar-refractivity contribution is 7.94. The Hall–Kier alpha value is -4.49. The van der Waals surface area contributed by atoms with Crippen LogP contribution in [0.4, 0.5) is 5.69 Å². The van der Waals surface area contributed by atoms with Gasteiger partial charge in [0.05, 0.1) is 6.26 Å². The highest BCUT2D eigenvalue weighted by Crippen LogP contribution is 2.41. The fraction of sp³-hybridized carbons (Fsp3) is 0.